The fourth-order valence-electron chi connectivity index (χ4n) is 1.38. The molecule has 0 aliphatic heterocycles. The maximum Gasteiger partial charge on any atom is 0.352 e. The molecule has 0 amide bonds. The van der Waals surface area contributed by atoms with Gasteiger partial charge < -0.3 is 9.47 Å². The minimum absolute atomic E-state index is 0.167. The predicted octanol–water partition coefficient (Wildman–Crippen LogP) is 2.96. The molecule has 1 atom stereocenters. The zero-order valence-electron chi connectivity index (χ0n) is 11.7. The first-order valence-corrected chi connectivity index (χ1v) is 6.59. The third kappa shape index (κ3) is 4.72. The number of halogens is 1. The van der Waals surface area contributed by atoms with E-state index in [9.17, 15) is 14.4 Å². The SMILES string of the molecule is C=C(C)C(=O)OC(CC)C(=O)Oc1ccc(C=O)c(Cl)c1. The van der Waals surface area contributed by atoms with Gasteiger partial charge in [0, 0.05) is 17.2 Å². The van der Waals surface area contributed by atoms with Crippen LogP contribution in [0.1, 0.15) is 30.6 Å². The summed E-state index contributed by atoms with van der Waals surface area (Å²) >= 11 is 5.83. The summed E-state index contributed by atoms with van der Waals surface area (Å²) in [7, 11) is 0. The Morgan fingerprint density at radius 1 is 1.43 bits per heavy atom. The van der Waals surface area contributed by atoms with Crippen LogP contribution in [0.15, 0.2) is 30.4 Å². The van der Waals surface area contributed by atoms with Gasteiger partial charge in [-0.2, -0.15) is 0 Å². The van der Waals surface area contributed by atoms with Crippen LogP contribution in [0.5, 0.6) is 5.75 Å². The highest BCUT2D eigenvalue weighted by molar-refractivity contribution is 6.33. The second kappa shape index (κ2) is 7.59. The molecule has 1 rings (SSSR count). The van der Waals surface area contributed by atoms with Gasteiger partial charge in [-0.15, -0.1) is 0 Å². The summed E-state index contributed by atoms with van der Waals surface area (Å²) in [6.45, 7) is 6.60. The van der Waals surface area contributed by atoms with Crippen molar-refractivity contribution < 1.29 is 23.9 Å². The van der Waals surface area contributed by atoms with E-state index < -0.39 is 18.0 Å². The monoisotopic (exact) mass is 310 g/mol. The first kappa shape index (κ1) is 16.9. The van der Waals surface area contributed by atoms with Crippen molar-refractivity contribution in [2.75, 3.05) is 0 Å². The molecular formula is C15H15ClO5. The van der Waals surface area contributed by atoms with Crippen LogP contribution in [0.25, 0.3) is 0 Å². The smallest absolute Gasteiger partial charge is 0.352 e. The van der Waals surface area contributed by atoms with Gasteiger partial charge in [0.15, 0.2) is 12.4 Å². The molecule has 0 aliphatic carbocycles. The maximum absolute atomic E-state index is 11.9. The number of carbonyl (C=O) groups excluding carboxylic acids is 3. The largest absolute Gasteiger partial charge is 0.447 e. The minimum Gasteiger partial charge on any atom is -0.447 e. The van der Waals surface area contributed by atoms with Crippen LogP contribution in [0, 0.1) is 0 Å². The minimum atomic E-state index is -1.03. The fourth-order valence-corrected chi connectivity index (χ4v) is 1.59. The highest BCUT2D eigenvalue weighted by Crippen LogP contribution is 2.22. The first-order chi connectivity index (χ1) is 9.88. The Bertz CT molecular complexity index is 579. The topological polar surface area (TPSA) is 69.7 Å². The molecule has 0 aromatic heterocycles. The molecule has 0 bridgehead atoms. The molecule has 0 heterocycles. The van der Waals surface area contributed by atoms with Crippen molar-refractivity contribution in [1.29, 1.82) is 0 Å². The molecule has 1 aromatic carbocycles. The number of aldehydes is 1. The lowest BCUT2D eigenvalue weighted by molar-refractivity contribution is -0.159. The second-order valence-electron chi connectivity index (χ2n) is 4.30. The van der Waals surface area contributed by atoms with Crippen LogP contribution in [0.2, 0.25) is 5.02 Å². The van der Waals surface area contributed by atoms with E-state index >= 15 is 0 Å². The molecule has 0 fully saturated rings. The van der Waals surface area contributed by atoms with Crippen molar-refractivity contribution in [1.82, 2.24) is 0 Å². The van der Waals surface area contributed by atoms with Crippen LogP contribution in [-0.4, -0.2) is 24.3 Å². The molecule has 21 heavy (non-hydrogen) atoms. The van der Waals surface area contributed by atoms with Gasteiger partial charge in [0.1, 0.15) is 5.75 Å². The van der Waals surface area contributed by atoms with E-state index in [0.29, 0.717) is 6.29 Å². The maximum atomic E-state index is 11.9. The third-order valence-corrected chi connectivity index (χ3v) is 2.88. The van der Waals surface area contributed by atoms with Crippen LogP contribution in [-0.2, 0) is 14.3 Å². The molecule has 0 spiro atoms. The van der Waals surface area contributed by atoms with E-state index in [1.807, 2.05) is 0 Å². The lowest BCUT2D eigenvalue weighted by atomic mass is 10.2. The van der Waals surface area contributed by atoms with Crippen molar-refractivity contribution in [2.45, 2.75) is 26.4 Å². The Morgan fingerprint density at radius 2 is 2.10 bits per heavy atom. The number of esters is 2. The van der Waals surface area contributed by atoms with Gasteiger partial charge in [-0.1, -0.05) is 25.1 Å². The Balaban J connectivity index is 2.78. The van der Waals surface area contributed by atoms with Crippen LogP contribution in [0.3, 0.4) is 0 Å². The van der Waals surface area contributed by atoms with Crippen molar-refractivity contribution in [3.05, 3.63) is 40.9 Å². The number of hydrogen-bond acceptors (Lipinski definition) is 5. The van der Waals surface area contributed by atoms with Crippen LogP contribution >= 0.6 is 11.6 Å². The number of hydrogen-bond donors (Lipinski definition) is 0. The van der Waals surface area contributed by atoms with Gasteiger partial charge in [0.2, 0.25) is 0 Å². The molecule has 0 radical (unpaired) electrons. The van der Waals surface area contributed by atoms with Gasteiger partial charge in [0.05, 0.1) is 5.02 Å². The van der Waals surface area contributed by atoms with E-state index in [1.54, 1.807) is 6.92 Å². The predicted molar refractivity (Wildman–Crippen MR) is 77.5 cm³/mol. The summed E-state index contributed by atoms with van der Waals surface area (Å²) in [5, 5.41) is 0.169. The summed E-state index contributed by atoms with van der Waals surface area (Å²) in [6, 6.07) is 4.20. The van der Waals surface area contributed by atoms with E-state index in [2.05, 4.69) is 6.58 Å². The summed E-state index contributed by atoms with van der Waals surface area (Å²) in [6.07, 6.45) is -0.172. The average molecular weight is 311 g/mol. The molecule has 112 valence electrons. The summed E-state index contributed by atoms with van der Waals surface area (Å²) in [5.74, 6) is -1.21. The number of ether oxygens (including phenoxy) is 2. The average Bonchev–Trinajstić information content (AvgIpc) is 2.44. The van der Waals surface area contributed by atoms with Gasteiger partial charge in [0.25, 0.3) is 0 Å². The van der Waals surface area contributed by atoms with Gasteiger partial charge >= 0.3 is 11.9 Å². The molecule has 6 heteroatoms. The van der Waals surface area contributed by atoms with E-state index in [-0.39, 0.29) is 28.3 Å². The van der Waals surface area contributed by atoms with Crippen molar-refractivity contribution >= 4 is 29.8 Å². The number of benzene rings is 1. The lowest BCUT2D eigenvalue weighted by Crippen LogP contribution is -2.30. The van der Waals surface area contributed by atoms with E-state index in [1.165, 1.54) is 25.1 Å². The number of rotatable bonds is 6. The Hall–Kier alpha value is -2.14. The third-order valence-electron chi connectivity index (χ3n) is 2.55. The second-order valence-corrected chi connectivity index (χ2v) is 4.71. The Morgan fingerprint density at radius 3 is 2.57 bits per heavy atom. The van der Waals surface area contributed by atoms with Gasteiger partial charge in [-0.05, 0) is 25.5 Å². The van der Waals surface area contributed by atoms with Crippen LogP contribution < -0.4 is 4.74 Å². The quantitative estimate of drug-likeness (QED) is 0.350. The zero-order chi connectivity index (χ0) is 16.0. The lowest BCUT2D eigenvalue weighted by Gasteiger charge is -2.15. The summed E-state index contributed by atoms with van der Waals surface area (Å²) in [5.41, 5.74) is 0.483. The molecule has 5 nitrogen and oxygen atoms in total. The molecule has 0 N–H and O–H groups in total. The van der Waals surface area contributed by atoms with Crippen LogP contribution in [0.4, 0.5) is 0 Å². The standard InChI is InChI=1S/C15H15ClO5/c1-4-13(21-14(18)9(2)3)15(19)20-11-6-5-10(8-17)12(16)7-11/h5-8,13H,2,4H2,1,3H3. The normalized spacial score (nSPS) is 11.4. The molecule has 0 aliphatic rings. The summed E-state index contributed by atoms with van der Waals surface area (Å²) in [4.78, 5) is 34.0. The zero-order valence-corrected chi connectivity index (χ0v) is 12.5. The Kier molecular flexibility index (Phi) is 6.11. The van der Waals surface area contributed by atoms with Crippen molar-refractivity contribution in [3.63, 3.8) is 0 Å². The highest BCUT2D eigenvalue weighted by atomic mass is 35.5. The molecular weight excluding hydrogens is 296 g/mol. The van der Waals surface area contributed by atoms with Crippen molar-refractivity contribution in [3.8, 4) is 5.75 Å². The fraction of sp³-hybridized carbons (Fsp3) is 0.267. The number of carbonyl (C=O) groups is 3. The van der Waals surface area contributed by atoms with E-state index in [4.69, 9.17) is 21.1 Å². The molecule has 0 saturated heterocycles. The molecule has 1 unspecified atom stereocenters. The first-order valence-electron chi connectivity index (χ1n) is 6.22. The van der Waals surface area contributed by atoms with Crippen molar-refractivity contribution in [2.24, 2.45) is 0 Å². The Labute approximate surface area is 127 Å². The molecule has 1 aromatic rings. The summed E-state index contributed by atoms with van der Waals surface area (Å²) < 4.78 is 10.1. The van der Waals surface area contributed by atoms with Gasteiger partial charge in [-0.3, -0.25) is 4.79 Å². The van der Waals surface area contributed by atoms with Gasteiger partial charge in [-0.25, -0.2) is 9.59 Å². The molecule has 0 saturated carbocycles. The highest BCUT2D eigenvalue weighted by Gasteiger charge is 2.23. The van der Waals surface area contributed by atoms with E-state index in [0.717, 1.165) is 0 Å².